The molecule has 0 aliphatic heterocycles. The molecular formula is C64H77N3O12P2. The van der Waals surface area contributed by atoms with Crippen molar-refractivity contribution in [2.24, 2.45) is 17.8 Å². The topological polar surface area (TPSA) is 235 Å². The lowest BCUT2D eigenvalue weighted by Crippen LogP contribution is -2.48. The second-order valence-electron chi connectivity index (χ2n) is 21.6. The molecule has 0 aliphatic rings. The van der Waals surface area contributed by atoms with Crippen molar-refractivity contribution in [2.75, 3.05) is 38.3 Å². The van der Waals surface area contributed by atoms with E-state index in [0.717, 1.165) is 50.1 Å². The summed E-state index contributed by atoms with van der Waals surface area (Å²) in [4.78, 5) is 88.9. The van der Waals surface area contributed by atoms with Gasteiger partial charge in [-0.05, 0) is 102 Å². The average molecular weight is 1140 g/mol. The first-order valence-corrected chi connectivity index (χ1v) is 31.6. The maximum absolute atomic E-state index is 14.1. The molecule has 0 heterocycles. The Morgan fingerprint density at radius 1 is 0.580 bits per heavy atom. The minimum atomic E-state index is -3.86. The molecule has 7 unspecified atom stereocenters. The Labute approximate surface area is 476 Å². The van der Waals surface area contributed by atoms with Crippen LogP contribution in [0.5, 0.6) is 0 Å². The van der Waals surface area contributed by atoms with Gasteiger partial charge in [-0.25, -0.2) is 14.4 Å². The molecule has 0 spiro atoms. The average Bonchev–Trinajstić information content (AvgIpc) is 3.49. The number of carboxylic acid groups (broad SMARTS) is 1. The highest BCUT2D eigenvalue weighted by Crippen LogP contribution is 2.45. The molecule has 6 N–H and O–H groups in total. The Morgan fingerprint density at radius 2 is 1.02 bits per heavy atom. The third-order valence-corrected chi connectivity index (χ3v) is 18.3. The number of ether oxygens (including phenoxy) is 2. The molecule has 7 atom stereocenters. The first-order valence-electron chi connectivity index (χ1n) is 27.5. The number of nitrogens with one attached hydrogen (secondary N) is 3. The summed E-state index contributed by atoms with van der Waals surface area (Å²) in [6.45, 7) is 7.02. The van der Waals surface area contributed by atoms with Crippen molar-refractivity contribution in [3.63, 3.8) is 0 Å². The van der Waals surface area contributed by atoms with Crippen LogP contribution in [0, 0.1) is 17.8 Å². The summed E-state index contributed by atoms with van der Waals surface area (Å²) < 4.78 is 38.3. The van der Waals surface area contributed by atoms with Gasteiger partial charge in [0, 0.05) is 37.6 Å². The van der Waals surface area contributed by atoms with Crippen LogP contribution in [-0.2, 0) is 69.9 Å². The number of rotatable bonds is 30. The summed E-state index contributed by atoms with van der Waals surface area (Å²) in [6.07, 6.45) is 0.269. The number of hydrogen-bond donors (Lipinski definition) is 6. The Hall–Kier alpha value is -7.15. The Morgan fingerprint density at radius 3 is 1.51 bits per heavy atom. The highest BCUT2D eigenvalue weighted by molar-refractivity contribution is 7.58. The molecule has 15 nitrogen and oxygen atoms in total. The second-order valence-corrected chi connectivity index (χ2v) is 26.6. The first-order chi connectivity index (χ1) is 38.6. The Bertz CT molecular complexity index is 3110. The predicted molar refractivity (Wildman–Crippen MR) is 317 cm³/mol. The molecule has 0 aromatic heterocycles. The highest BCUT2D eigenvalue weighted by atomic mass is 31.2. The van der Waals surface area contributed by atoms with Gasteiger partial charge in [0.1, 0.15) is 17.7 Å². The largest absolute Gasteiger partial charge is 0.480 e. The van der Waals surface area contributed by atoms with Crippen LogP contribution in [0.2, 0.25) is 0 Å². The minimum absolute atomic E-state index is 0.0279. The molecule has 0 bridgehead atoms. The molecule has 6 aromatic rings. The van der Waals surface area contributed by atoms with Gasteiger partial charge in [-0.1, -0.05) is 184 Å². The predicted octanol–water partition coefficient (Wildman–Crippen LogP) is 10.8. The third-order valence-electron chi connectivity index (χ3n) is 14.5. The SMILES string of the molecule is CCC(C)C(NC(=O)C(Cc1ccc(-c2cccc(CC(C)(C)OC(=O)NCCC(NC(=O)C(Cc3ccc(-c4ccccc4)cc3)CP(=O)(O)CCc3ccccc3)C(=O)OC)c2)cc1)CP(=O)(O)CCc1ccccc1)C(=O)O. The number of hydrogen-bond acceptors (Lipinski definition) is 9. The lowest BCUT2D eigenvalue weighted by atomic mass is 9.93. The van der Waals surface area contributed by atoms with Crippen LogP contribution in [0.1, 0.15) is 68.4 Å². The minimum Gasteiger partial charge on any atom is -0.480 e. The Kier molecular flexibility index (Phi) is 23.4. The van der Waals surface area contributed by atoms with Crippen LogP contribution < -0.4 is 16.0 Å². The zero-order chi connectivity index (χ0) is 58.6. The molecule has 0 saturated carbocycles. The first kappa shape index (κ1) is 63.0. The van der Waals surface area contributed by atoms with Gasteiger partial charge in [0.2, 0.25) is 26.6 Å². The van der Waals surface area contributed by atoms with Gasteiger partial charge in [0.05, 0.1) is 18.9 Å². The normalized spacial score (nSPS) is 14.8. The zero-order valence-corrected chi connectivity index (χ0v) is 48.7. The molecule has 6 rings (SSSR count). The molecule has 430 valence electrons. The number of benzene rings is 6. The fraction of sp³-hybridized carbons (Fsp3) is 0.359. The van der Waals surface area contributed by atoms with Crippen LogP contribution in [0.3, 0.4) is 0 Å². The summed E-state index contributed by atoms with van der Waals surface area (Å²) in [6, 6.07) is 48.9. The van der Waals surface area contributed by atoms with Crippen molar-refractivity contribution in [1.82, 2.24) is 16.0 Å². The van der Waals surface area contributed by atoms with Crippen molar-refractivity contribution in [3.05, 3.63) is 192 Å². The summed E-state index contributed by atoms with van der Waals surface area (Å²) >= 11 is 0. The van der Waals surface area contributed by atoms with E-state index in [1.54, 1.807) is 20.8 Å². The van der Waals surface area contributed by atoms with Gasteiger partial charge < -0.3 is 40.3 Å². The summed E-state index contributed by atoms with van der Waals surface area (Å²) in [5.74, 6) is -5.43. The standard InChI is InChI=1S/C64H77N3O12P2/c1-6-45(2)58(61(70)71)67-60(69)56(44-81(76,77)38-35-47-19-12-8-13-20-47)40-49-27-31-53(32-28-49)54-24-16-21-50(41-54)42-64(3,4)79-63(73)65-36-33-57(62(72)78-5)66-59(68)55(43-80(74,75)37-34-46-17-10-7-11-18-46)39-48-25-29-52(30-26-48)51-22-14-9-15-23-51/h7-32,41,45,55-58H,6,33-40,42-44H2,1-5H3,(H,65,73)(H,66,68)(H,67,69)(H,70,71)(H,74,75)(H,76,77). The van der Waals surface area contributed by atoms with Gasteiger partial charge in [0.25, 0.3) is 0 Å². The fourth-order valence-corrected chi connectivity index (χ4v) is 13.3. The van der Waals surface area contributed by atoms with Crippen LogP contribution in [0.4, 0.5) is 4.79 Å². The zero-order valence-electron chi connectivity index (χ0n) is 46.9. The van der Waals surface area contributed by atoms with Gasteiger partial charge in [-0.3, -0.25) is 18.7 Å². The van der Waals surface area contributed by atoms with E-state index in [1.165, 1.54) is 7.11 Å². The van der Waals surface area contributed by atoms with E-state index in [-0.39, 0.29) is 56.4 Å². The van der Waals surface area contributed by atoms with Crippen molar-refractivity contribution >= 4 is 44.6 Å². The summed E-state index contributed by atoms with van der Waals surface area (Å²) in [5.41, 5.74) is 6.84. The molecular weight excluding hydrogens is 1060 g/mol. The van der Waals surface area contributed by atoms with Crippen LogP contribution in [0.25, 0.3) is 22.3 Å². The summed E-state index contributed by atoms with van der Waals surface area (Å²) in [7, 11) is -6.50. The lowest BCUT2D eigenvalue weighted by molar-refractivity contribution is -0.145. The lowest BCUT2D eigenvalue weighted by Gasteiger charge is -2.26. The number of carbonyl (C=O) groups is 5. The van der Waals surface area contributed by atoms with E-state index in [4.69, 9.17) is 9.47 Å². The van der Waals surface area contributed by atoms with Gasteiger partial charge in [0.15, 0.2) is 0 Å². The molecule has 0 radical (unpaired) electrons. The smallest absolute Gasteiger partial charge is 0.407 e. The Balaban J connectivity index is 1.06. The van der Waals surface area contributed by atoms with E-state index in [0.29, 0.717) is 25.7 Å². The quantitative estimate of drug-likeness (QED) is 0.0183. The van der Waals surface area contributed by atoms with E-state index >= 15 is 0 Å². The maximum atomic E-state index is 14.1. The fourth-order valence-electron chi connectivity index (χ4n) is 9.74. The molecule has 3 amide bonds. The molecule has 17 heteroatoms. The molecule has 0 aliphatic carbocycles. The van der Waals surface area contributed by atoms with Gasteiger partial charge in [-0.2, -0.15) is 0 Å². The number of carboxylic acids is 1. The number of aryl methyl sites for hydroxylation is 2. The molecule has 0 saturated heterocycles. The number of alkyl carbamates (subject to hydrolysis) is 1. The molecule has 0 fully saturated rings. The van der Waals surface area contributed by atoms with Gasteiger partial charge >= 0.3 is 18.0 Å². The van der Waals surface area contributed by atoms with E-state index < -0.39 is 74.1 Å². The van der Waals surface area contributed by atoms with Crippen molar-refractivity contribution in [3.8, 4) is 22.3 Å². The number of aliphatic carboxylic acids is 1. The monoisotopic (exact) mass is 1140 g/mol. The van der Waals surface area contributed by atoms with Crippen molar-refractivity contribution in [2.45, 2.75) is 90.3 Å². The van der Waals surface area contributed by atoms with Gasteiger partial charge in [-0.15, -0.1) is 0 Å². The number of esters is 1. The van der Waals surface area contributed by atoms with E-state index in [1.807, 2.05) is 171 Å². The molecule has 6 aromatic carbocycles. The maximum Gasteiger partial charge on any atom is 0.407 e. The van der Waals surface area contributed by atoms with Crippen LogP contribution in [-0.4, -0.2) is 101 Å². The number of amides is 3. The van der Waals surface area contributed by atoms with E-state index in [2.05, 4.69) is 16.0 Å². The van der Waals surface area contributed by atoms with Crippen LogP contribution in [0.15, 0.2) is 164 Å². The summed E-state index contributed by atoms with van der Waals surface area (Å²) in [5, 5.41) is 18.0. The van der Waals surface area contributed by atoms with Crippen molar-refractivity contribution in [1.29, 1.82) is 0 Å². The number of methoxy groups -OCH3 is 1. The molecule has 81 heavy (non-hydrogen) atoms. The highest BCUT2D eigenvalue weighted by Gasteiger charge is 2.35. The number of carbonyl (C=O) groups excluding carboxylic acids is 4. The second kappa shape index (κ2) is 30.1. The van der Waals surface area contributed by atoms with Crippen molar-refractivity contribution < 1.29 is 57.5 Å². The van der Waals surface area contributed by atoms with Crippen LogP contribution >= 0.6 is 14.7 Å². The third kappa shape index (κ3) is 20.7. The van der Waals surface area contributed by atoms with E-state index in [9.17, 15) is 48.0 Å².